The van der Waals surface area contributed by atoms with E-state index in [1.165, 1.54) is 0 Å². The summed E-state index contributed by atoms with van der Waals surface area (Å²) in [4.78, 5) is 0.219. The van der Waals surface area contributed by atoms with E-state index in [0.29, 0.717) is 0 Å². The summed E-state index contributed by atoms with van der Waals surface area (Å²) in [5.74, 6) is 0. The zero-order chi connectivity index (χ0) is 13.1. The summed E-state index contributed by atoms with van der Waals surface area (Å²) in [6.07, 6.45) is 0. The van der Waals surface area contributed by atoms with Crippen LogP contribution in [0.3, 0.4) is 0 Å². The Balaban J connectivity index is 2.84. The van der Waals surface area contributed by atoms with Crippen molar-refractivity contribution in [2.45, 2.75) is 25.7 Å². The van der Waals surface area contributed by atoms with Gasteiger partial charge in [-0.1, -0.05) is 17.7 Å². The van der Waals surface area contributed by atoms with Gasteiger partial charge in [0.25, 0.3) is 0 Å². The van der Waals surface area contributed by atoms with Gasteiger partial charge in [-0.3, -0.25) is 0 Å². The zero-order valence-electron chi connectivity index (χ0n) is 10.2. The van der Waals surface area contributed by atoms with E-state index in [0.717, 1.165) is 5.56 Å². The second-order valence-electron chi connectivity index (χ2n) is 4.63. The highest BCUT2D eigenvalue weighted by Gasteiger charge is 2.21. The molecule has 0 bridgehead atoms. The molecule has 1 aromatic rings. The molecule has 0 aromatic heterocycles. The Morgan fingerprint density at radius 1 is 1.29 bits per heavy atom. The van der Waals surface area contributed by atoms with Gasteiger partial charge in [0.1, 0.15) is 0 Å². The fraction of sp³-hybridized carbons (Fsp3) is 0.417. The molecule has 0 amide bonds. The molecule has 0 radical (unpaired) electrons. The second-order valence-corrected chi connectivity index (χ2v) is 6.40. The number of benzene rings is 1. The lowest BCUT2D eigenvalue weighted by Crippen LogP contribution is -2.33. The van der Waals surface area contributed by atoms with Crippen LogP contribution in [0.5, 0.6) is 0 Å². The molecule has 0 aliphatic carbocycles. The Kier molecular flexibility index (Phi) is 3.91. The van der Waals surface area contributed by atoms with Crippen LogP contribution in [0.1, 0.15) is 19.4 Å². The molecule has 1 rings (SSSR count). The molecule has 5 heteroatoms. The summed E-state index contributed by atoms with van der Waals surface area (Å²) < 4.78 is 26.2. The van der Waals surface area contributed by atoms with Crippen molar-refractivity contribution in [1.29, 1.82) is 5.26 Å². The fourth-order valence-electron chi connectivity index (χ4n) is 1.12. The number of hydrogen-bond donors (Lipinski definition) is 1. The molecule has 0 unspecified atom stereocenters. The van der Waals surface area contributed by atoms with Crippen molar-refractivity contribution in [3.8, 4) is 6.07 Å². The molecule has 0 heterocycles. The van der Waals surface area contributed by atoms with Crippen molar-refractivity contribution < 1.29 is 8.42 Å². The van der Waals surface area contributed by atoms with E-state index in [1.54, 1.807) is 38.1 Å². The first-order chi connectivity index (χ1) is 7.77. The van der Waals surface area contributed by atoms with E-state index >= 15 is 0 Å². The largest absolute Gasteiger partial charge is 0.240 e. The third-order valence-electron chi connectivity index (χ3n) is 2.34. The Morgan fingerprint density at radius 3 is 2.29 bits per heavy atom. The van der Waals surface area contributed by atoms with Crippen molar-refractivity contribution in [3.05, 3.63) is 29.8 Å². The van der Waals surface area contributed by atoms with Gasteiger partial charge >= 0.3 is 0 Å². The molecule has 0 spiro atoms. The summed E-state index contributed by atoms with van der Waals surface area (Å²) >= 11 is 0. The Labute approximate surface area is 102 Å². The first-order valence-corrected chi connectivity index (χ1v) is 6.73. The van der Waals surface area contributed by atoms with Crippen molar-refractivity contribution in [1.82, 2.24) is 4.72 Å². The molecule has 0 fully saturated rings. The predicted molar refractivity (Wildman–Crippen MR) is 65.8 cm³/mol. The van der Waals surface area contributed by atoms with Gasteiger partial charge in [0.2, 0.25) is 10.0 Å². The minimum atomic E-state index is -3.52. The van der Waals surface area contributed by atoms with Crippen molar-refractivity contribution in [3.63, 3.8) is 0 Å². The highest BCUT2D eigenvalue weighted by Crippen LogP contribution is 2.14. The van der Waals surface area contributed by atoms with Crippen LogP contribution >= 0.6 is 0 Å². The minimum absolute atomic E-state index is 0.0969. The summed E-state index contributed by atoms with van der Waals surface area (Å²) in [7, 11) is -3.52. The van der Waals surface area contributed by atoms with Crippen LogP contribution in [-0.2, 0) is 10.0 Å². The molecule has 1 N–H and O–H groups in total. The van der Waals surface area contributed by atoms with E-state index < -0.39 is 15.4 Å². The minimum Gasteiger partial charge on any atom is -0.210 e. The zero-order valence-corrected chi connectivity index (χ0v) is 11.0. The van der Waals surface area contributed by atoms with Gasteiger partial charge in [-0.05, 0) is 32.9 Å². The van der Waals surface area contributed by atoms with Crippen LogP contribution in [0.15, 0.2) is 29.2 Å². The number of sulfonamides is 1. The van der Waals surface area contributed by atoms with Crippen LogP contribution in [0.4, 0.5) is 0 Å². The van der Waals surface area contributed by atoms with Crippen LogP contribution in [0.2, 0.25) is 0 Å². The molecule has 4 nitrogen and oxygen atoms in total. The Hall–Kier alpha value is -1.38. The van der Waals surface area contributed by atoms with Crippen LogP contribution in [0.25, 0.3) is 0 Å². The van der Waals surface area contributed by atoms with Crippen molar-refractivity contribution in [2.24, 2.45) is 5.41 Å². The highest BCUT2D eigenvalue weighted by molar-refractivity contribution is 7.89. The van der Waals surface area contributed by atoms with Gasteiger partial charge in [0.15, 0.2) is 0 Å². The molecule has 0 aliphatic rings. The van der Waals surface area contributed by atoms with Crippen LogP contribution in [-0.4, -0.2) is 15.0 Å². The third-order valence-corrected chi connectivity index (χ3v) is 3.76. The molecule has 0 saturated heterocycles. The lowest BCUT2D eigenvalue weighted by Gasteiger charge is -2.16. The molecule has 0 atom stereocenters. The third kappa shape index (κ3) is 3.84. The van der Waals surface area contributed by atoms with Gasteiger partial charge in [-0.2, -0.15) is 5.26 Å². The number of nitrogens with one attached hydrogen (secondary N) is 1. The summed E-state index contributed by atoms with van der Waals surface area (Å²) in [6.45, 7) is 5.36. The first kappa shape index (κ1) is 13.7. The summed E-state index contributed by atoms with van der Waals surface area (Å²) in [6, 6.07) is 8.63. The number of rotatable bonds is 4. The van der Waals surface area contributed by atoms with Gasteiger partial charge in [-0.15, -0.1) is 0 Å². The van der Waals surface area contributed by atoms with Gasteiger partial charge in [-0.25, -0.2) is 13.1 Å². The van der Waals surface area contributed by atoms with E-state index in [9.17, 15) is 8.42 Å². The monoisotopic (exact) mass is 252 g/mol. The molecule has 1 aromatic carbocycles. The normalized spacial score (nSPS) is 12.1. The number of nitrogens with zero attached hydrogens (tertiary/aromatic N) is 1. The predicted octanol–water partition coefficient (Wildman–Crippen LogP) is 1.82. The highest BCUT2D eigenvalue weighted by atomic mass is 32.2. The van der Waals surface area contributed by atoms with Gasteiger partial charge in [0.05, 0.1) is 16.4 Å². The SMILES string of the molecule is Cc1ccc(S(=O)(=O)NCC(C)(C)C#N)cc1. The van der Waals surface area contributed by atoms with E-state index in [2.05, 4.69) is 4.72 Å². The van der Waals surface area contributed by atoms with E-state index in [4.69, 9.17) is 5.26 Å². The maximum absolute atomic E-state index is 11.9. The second kappa shape index (κ2) is 4.86. The van der Waals surface area contributed by atoms with Crippen LogP contribution < -0.4 is 4.72 Å². The fourth-order valence-corrected chi connectivity index (χ4v) is 2.33. The van der Waals surface area contributed by atoms with Crippen LogP contribution in [0, 0.1) is 23.7 Å². The molecule has 0 saturated carbocycles. The van der Waals surface area contributed by atoms with Gasteiger partial charge < -0.3 is 0 Å². The topological polar surface area (TPSA) is 70.0 Å². The molecular formula is C12H16N2O2S. The van der Waals surface area contributed by atoms with Crippen molar-refractivity contribution >= 4 is 10.0 Å². The van der Waals surface area contributed by atoms with Crippen molar-refractivity contribution in [2.75, 3.05) is 6.54 Å². The van der Waals surface area contributed by atoms with E-state index in [1.807, 2.05) is 13.0 Å². The number of nitriles is 1. The number of hydrogen-bond acceptors (Lipinski definition) is 3. The Morgan fingerprint density at radius 2 is 1.82 bits per heavy atom. The summed E-state index contributed by atoms with van der Waals surface area (Å²) in [5.41, 5.74) is 0.291. The lowest BCUT2D eigenvalue weighted by molar-refractivity contribution is 0.479. The average Bonchev–Trinajstić information content (AvgIpc) is 2.27. The van der Waals surface area contributed by atoms with Gasteiger partial charge in [0, 0.05) is 6.54 Å². The van der Waals surface area contributed by atoms with E-state index in [-0.39, 0.29) is 11.4 Å². The molecule has 17 heavy (non-hydrogen) atoms. The average molecular weight is 252 g/mol. The molecule has 0 aliphatic heterocycles. The molecule has 92 valence electrons. The quantitative estimate of drug-likeness (QED) is 0.888. The Bertz CT molecular complexity index is 525. The smallest absolute Gasteiger partial charge is 0.210 e. The lowest BCUT2D eigenvalue weighted by atomic mass is 9.97. The molecular weight excluding hydrogens is 236 g/mol. The number of aryl methyl sites for hydroxylation is 1. The maximum Gasteiger partial charge on any atom is 0.240 e. The standard InChI is InChI=1S/C12H16N2O2S/c1-10-4-6-11(7-5-10)17(15,16)14-9-12(2,3)8-13/h4-7,14H,9H2,1-3H3. The maximum atomic E-state index is 11.9. The summed E-state index contributed by atoms with van der Waals surface area (Å²) in [5, 5.41) is 8.81. The first-order valence-electron chi connectivity index (χ1n) is 5.24.